The Morgan fingerprint density at radius 1 is 1.19 bits per heavy atom. The minimum atomic E-state index is -0.111. The second-order valence-corrected chi connectivity index (χ2v) is 6.73. The molecular weight excluding hydrogens is 362 g/mol. The zero-order valence-corrected chi connectivity index (χ0v) is 15.7. The lowest BCUT2D eigenvalue weighted by Crippen LogP contribution is -2.23. The number of pyridine rings is 1. The standard InChI is InChI=1S/C21H18ClN3O2/c1-13(14-4-3-5-17(11-14)27-2)25-9-8-16-10-15(6-7-18(16)21(25)26)19-12-23-24-20(19)22/h3-13H,1-2H3,(H,23,24). The van der Waals surface area contributed by atoms with E-state index >= 15 is 0 Å². The molecule has 6 heteroatoms. The quantitative estimate of drug-likeness (QED) is 0.560. The van der Waals surface area contributed by atoms with Crippen LogP contribution in [-0.2, 0) is 0 Å². The first kappa shape index (κ1) is 17.4. The molecule has 2 aromatic heterocycles. The molecule has 5 nitrogen and oxygen atoms in total. The fraction of sp³-hybridized carbons (Fsp3) is 0.143. The van der Waals surface area contributed by atoms with Gasteiger partial charge in [0.15, 0.2) is 5.15 Å². The van der Waals surface area contributed by atoms with Crippen LogP contribution in [0.3, 0.4) is 0 Å². The van der Waals surface area contributed by atoms with Crippen molar-refractivity contribution in [3.63, 3.8) is 0 Å². The van der Waals surface area contributed by atoms with E-state index in [0.29, 0.717) is 10.5 Å². The summed E-state index contributed by atoms with van der Waals surface area (Å²) in [6, 6.07) is 15.3. The topological polar surface area (TPSA) is 59.9 Å². The summed E-state index contributed by atoms with van der Waals surface area (Å²) in [7, 11) is 1.63. The number of halogens is 1. The van der Waals surface area contributed by atoms with E-state index in [1.807, 2.05) is 61.7 Å². The van der Waals surface area contributed by atoms with Crippen LogP contribution in [0.2, 0.25) is 5.15 Å². The molecule has 0 saturated carbocycles. The van der Waals surface area contributed by atoms with Gasteiger partial charge in [-0.05, 0) is 53.8 Å². The van der Waals surface area contributed by atoms with Crippen molar-refractivity contribution in [3.05, 3.63) is 82.0 Å². The summed E-state index contributed by atoms with van der Waals surface area (Å²) in [6.45, 7) is 2.00. The summed E-state index contributed by atoms with van der Waals surface area (Å²) in [4.78, 5) is 13.0. The molecule has 0 radical (unpaired) electrons. The van der Waals surface area contributed by atoms with Gasteiger partial charge < -0.3 is 9.30 Å². The minimum absolute atomic E-state index is 0.0346. The Labute approximate surface area is 161 Å². The predicted molar refractivity (Wildman–Crippen MR) is 108 cm³/mol. The third-order valence-corrected chi connectivity index (χ3v) is 5.12. The number of ether oxygens (including phenoxy) is 1. The van der Waals surface area contributed by atoms with E-state index < -0.39 is 0 Å². The molecule has 2 aromatic carbocycles. The molecule has 0 aliphatic carbocycles. The van der Waals surface area contributed by atoms with Crippen LogP contribution in [0, 0.1) is 0 Å². The molecule has 4 aromatic rings. The summed E-state index contributed by atoms with van der Waals surface area (Å²) in [6.07, 6.45) is 3.57. The molecule has 1 unspecified atom stereocenters. The zero-order chi connectivity index (χ0) is 19.0. The molecule has 1 atom stereocenters. The molecule has 0 spiro atoms. The Balaban J connectivity index is 1.78. The monoisotopic (exact) mass is 379 g/mol. The second-order valence-electron chi connectivity index (χ2n) is 6.37. The first-order valence-corrected chi connectivity index (χ1v) is 8.95. The Bertz CT molecular complexity index is 1180. The van der Waals surface area contributed by atoms with E-state index in [4.69, 9.17) is 16.3 Å². The summed E-state index contributed by atoms with van der Waals surface area (Å²) in [5, 5.41) is 8.63. The van der Waals surface area contributed by atoms with Crippen molar-refractivity contribution in [2.75, 3.05) is 7.11 Å². The molecule has 0 fully saturated rings. The fourth-order valence-corrected chi connectivity index (χ4v) is 3.49. The zero-order valence-electron chi connectivity index (χ0n) is 14.9. The van der Waals surface area contributed by atoms with Gasteiger partial charge in [-0.2, -0.15) is 5.10 Å². The minimum Gasteiger partial charge on any atom is -0.497 e. The number of aromatic nitrogens is 3. The van der Waals surface area contributed by atoms with E-state index in [2.05, 4.69) is 10.2 Å². The Hall–Kier alpha value is -3.05. The van der Waals surface area contributed by atoms with E-state index in [9.17, 15) is 4.79 Å². The van der Waals surface area contributed by atoms with Crippen LogP contribution < -0.4 is 10.3 Å². The molecule has 0 amide bonds. The average molecular weight is 380 g/mol. The highest BCUT2D eigenvalue weighted by Gasteiger charge is 2.13. The summed E-state index contributed by atoms with van der Waals surface area (Å²) in [5.74, 6) is 0.773. The molecule has 1 N–H and O–H groups in total. The molecule has 27 heavy (non-hydrogen) atoms. The van der Waals surface area contributed by atoms with Crippen LogP contribution in [0.25, 0.3) is 21.9 Å². The molecule has 4 rings (SSSR count). The van der Waals surface area contributed by atoms with Crippen LogP contribution >= 0.6 is 11.6 Å². The normalized spacial score (nSPS) is 12.3. The van der Waals surface area contributed by atoms with E-state index in [1.54, 1.807) is 17.9 Å². The third-order valence-electron chi connectivity index (χ3n) is 4.83. The number of H-pyrrole nitrogens is 1. The molecule has 0 saturated heterocycles. The molecule has 2 heterocycles. The molecule has 0 aliphatic heterocycles. The van der Waals surface area contributed by atoms with Gasteiger partial charge in [0.1, 0.15) is 5.75 Å². The molecule has 136 valence electrons. The van der Waals surface area contributed by atoms with Crippen molar-refractivity contribution in [1.82, 2.24) is 14.8 Å². The lowest BCUT2D eigenvalue weighted by molar-refractivity contribution is 0.413. The first-order chi connectivity index (χ1) is 13.1. The van der Waals surface area contributed by atoms with Crippen molar-refractivity contribution in [2.24, 2.45) is 0 Å². The van der Waals surface area contributed by atoms with Crippen LogP contribution in [-0.4, -0.2) is 21.9 Å². The average Bonchev–Trinajstić information content (AvgIpc) is 3.13. The number of rotatable bonds is 4. The summed E-state index contributed by atoms with van der Waals surface area (Å²) < 4.78 is 7.03. The smallest absolute Gasteiger partial charge is 0.258 e. The molecule has 0 bridgehead atoms. The lowest BCUT2D eigenvalue weighted by Gasteiger charge is -2.17. The van der Waals surface area contributed by atoms with Gasteiger partial charge in [0, 0.05) is 23.3 Å². The maximum absolute atomic E-state index is 13.0. The highest BCUT2D eigenvalue weighted by atomic mass is 35.5. The van der Waals surface area contributed by atoms with Crippen molar-refractivity contribution >= 4 is 22.4 Å². The number of hydrogen-bond acceptors (Lipinski definition) is 3. The fourth-order valence-electron chi connectivity index (χ4n) is 3.27. The third kappa shape index (κ3) is 3.11. The number of methoxy groups -OCH3 is 1. The predicted octanol–water partition coefficient (Wildman–Crippen LogP) is 4.66. The maximum atomic E-state index is 13.0. The van der Waals surface area contributed by atoms with Gasteiger partial charge >= 0.3 is 0 Å². The van der Waals surface area contributed by atoms with Crippen LogP contribution in [0.1, 0.15) is 18.5 Å². The van der Waals surface area contributed by atoms with Crippen molar-refractivity contribution in [3.8, 4) is 16.9 Å². The molecule has 0 aliphatic rings. The Morgan fingerprint density at radius 2 is 2.04 bits per heavy atom. The van der Waals surface area contributed by atoms with Crippen molar-refractivity contribution in [2.45, 2.75) is 13.0 Å². The van der Waals surface area contributed by atoms with E-state index in [1.165, 1.54) is 0 Å². The highest BCUT2D eigenvalue weighted by Crippen LogP contribution is 2.28. The van der Waals surface area contributed by atoms with Gasteiger partial charge in [0.2, 0.25) is 0 Å². The highest BCUT2D eigenvalue weighted by molar-refractivity contribution is 6.32. The number of fused-ring (bicyclic) bond motifs is 1. The number of hydrogen-bond donors (Lipinski definition) is 1. The van der Waals surface area contributed by atoms with E-state index in [-0.39, 0.29) is 11.6 Å². The second kappa shape index (κ2) is 6.93. The largest absolute Gasteiger partial charge is 0.497 e. The van der Waals surface area contributed by atoms with Crippen LogP contribution in [0.15, 0.2) is 65.7 Å². The van der Waals surface area contributed by atoms with Crippen LogP contribution in [0.4, 0.5) is 0 Å². The van der Waals surface area contributed by atoms with Crippen molar-refractivity contribution < 1.29 is 4.74 Å². The molecular formula is C21H18ClN3O2. The van der Waals surface area contributed by atoms with Gasteiger partial charge in [-0.3, -0.25) is 9.89 Å². The van der Waals surface area contributed by atoms with Gasteiger partial charge in [-0.1, -0.05) is 29.8 Å². The number of nitrogens with one attached hydrogen (secondary N) is 1. The SMILES string of the molecule is COc1cccc(C(C)n2ccc3cc(-c4c[nH]nc4Cl)ccc3c2=O)c1. The lowest BCUT2D eigenvalue weighted by atomic mass is 10.0. The van der Waals surface area contributed by atoms with Gasteiger partial charge in [0.05, 0.1) is 13.2 Å². The number of benzene rings is 2. The Kier molecular flexibility index (Phi) is 4.46. The number of nitrogens with zero attached hydrogens (tertiary/aromatic N) is 2. The maximum Gasteiger partial charge on any atom is 0.258 e. The summed E-state index contributed by atoms with van der Waals surface area (Å²) in [5.41, 5.74) is 2.71. The van der Waals surface area contributed by atoms with E-state index in [0.717, 1.165) is 27.8 Å². The van der Waals surface area contributed by atoms with Crippen molar-refractivity contribution in [1.29, 1.82) is 0 Å². The first-order valence-electron chi connectivity index (χ1n) is 8.57. The summed E-state index contributed by atoms with van der Waals surface area (Å²) >= 11 is 6.10. The van der Waals surface area contributed by atoms with Gasteiger partial charge in [-0.25, -0.2) is 0 Å². The van der Waals surface area contributed by atoms with Gasteiger partial charge in [-0.15, -0.1) is 0 Å². The number of aromatic amines is 1. The van der Waals surface area contributed by atoms with Crippen LogP contribution in [0.5, 0.6) is 5.75 Å². The Morgan fingerprint density at radius 3 is 2.78 bits per heavy atom. The van der Waals surface area contributed by atoms with Gasteiger partial charge in [0.25, 0.3) is 5.56 Å².